The van der Waals surface area contributed by atoms with Gasteiger partial charge in [-0.1, -0.05) is 24.1 Å². The van der Waals surface area contributed by atoms with Gasteiger partial charge in [0.1, 0.15) is 0 Å². The van der Waals surface area contributed by atoms with E-state index in [1.807, 2.05) is 30.3 Å². The van der Waals surface area contributed by atoms with Crippen molar-refractivity contribution < 1.29 is 4.79 Å². The molecule has 0 radical (unpaired) electrons. The van der Waals surface area contributed by atoms with Crippen LogP contribution in [0.2, 0.25) is 0 Å². The lowest BCUT2D eigenvalue weighted by molar-refractivity contribution is 0.0998. The van der Waals surface area contributed by atoms with Crippen molar-refractivity contribution in [1.29, 1.82) is 0 Å². The maximum absolute atomic E-state index is 11.5. The van der Waals surface area contributed by atoms with Crippen molar-refractivity contribution in [2.75, 3.05) is 0 Å². The number of rotatable bonds is 3. The number of nitrogens with zero attached hydrogens (tertiary/aromatic N) is 2. The highest BCUT2D eigenvalue weighted by atomic mass is 16.1. The van der Waals surface area contributed by atoms with Gasteiger partial charge in [-0.05, 0) is 12.1 Å². The Labute approximate surface area is 93.7 Å². The third-order valence-electron chi connectivity index (χ3n) is 2.19. The van der Waals surface area contributed by atoms with Crippen LogP contribution >= 0.6 is 0 Å². The summed E-state index contributed by atoms with van der Waals surface area (Å²) in [5, 5.41) is 4.12. The lowest BCUT2D eigenvalue weighted by Gasteiger charge is -1.98. The minimum Gasteiger partial charge on any atom is -0.293 e. The van der Waals surface area contributed by atoms with Crippen molar-refractivity contribution in [3.63, 3.8) is 0 Å². The van der Waals surface area contributed by atoms with Gasteiger partial charge < -0.3 is 0 Å². The molecule has 0 spiro atoms. The van der Waals surface area contributed by atoms with Gasteiger partial charge in [-0.25, -0.2) is 4.68 Å². The van der Waals surface area contributed by atoms with Gasteiger partial charge in [-0.2, -0.15) is 5.10 Å². The molecule has 0 unspecified atom stereocenters. The molecule has 0 bridgehead atoms. The Morgan fingerprint density at radius 3 is 2.81 bits per heavy atom. The smallest absolute Gasteiger partial charge is 0.177 e. The van der Waals surface area contributed by atoms with Crippen molar-refractivity contribution in [2.24, 2.45) is 0 Å². The van der Waals surface area contributed by atoms with Crippen molar-refractivity contribution in [1.82, 2.24) is 9.78 Å². The van der Waals surface area contributed by atoms with Gasteiger partial charge in [-0.15, -0.1) is 6.42 Å². The van der Waals surface area contributed by atoms with Crippen LogP contribution in [0, 0.1) is 12.3 Å². The van der Waals surface area contributed by atoms with Crippen molar-refractivity contribution in [3.05, 3.63) is 48.3 Å². The van der Waals surface area contributed by atoms with Gasteiger partial charge in [0, 0.05) is 6.20 Å². The third kappa shape index (κ3) is 2.01. The molecule has 0 aliphatic heterocycles. The van der Waals surface area contributed by atoms with Crippen LogP contribution in [0.4, 0.5) is 0 Å². The van der Waals surface area contributed by atoms with Gasteiger partial charge in [0.05, 0.1) is 23.9 Å². The molecule has 1 aromatic carbocycles. The fourth-order valence-electron chi connectivity index (χ4n) is 1.38. The average molecular weight is 210 g/mol. The molecule has 3 nitrogen and oxygen atoms in total. The molecule has 0 aliphatic carbocycles. The third-order valence-corrected chi connectivity index (χ3v) is 2.19. The number of benzene rings is 1. The topological polar surface area (TPSA) is 34.9 Å². The maximum atomic E-state index is 11.5. The van der Waals surface area contributed by atoms with Gasteiger partial charge in [0.2, 0.25) is 0 Å². The predicted molar refractivity (Wildman–Crippen MR) is 61.3 cm³/mol. The average Bonchev–Trinajstić information content (AvgIpc) is 2.80. The molecule has 2 rings (SSSR count). The fourth-order valence-corrected chi connectivity index (χ4v) is 1.38. The second-order valence-electron chi connectivity index (χ2n) is 3.31. The number of Topliss-reactive ketones (excluding diaryl/α,β-unsaturated/α-hetero) is 1. The lowest BCUT2D eigenvalue weighted by atomic mass is 10.2. The van der Waals surface area contributed by atoms with E-state index in [0.717, 1.165) is 5.69 Å². The second-order valence-corrected chi connectivity index (χ2v) is 3.31. The highest BCUT2D eigenvalue weighted by Crippen LogP contribution is 2.08. The molecule has 0 aliphatic rings. The van der Waals surface area contributed by atoms with E-state index in [0.29, 0.717) is 5.56 Å². The van der Waals surface area contributed by atoms with E-state index in [-0.39, 0.29) is 12.2 Å². The number of para-hydroxylation sites is 1. The van der Waals surface area contributed by atoms with E-state index in [9.17, 15) is 4.79 Å². The molecule has 0 atom stereocenters. The number of carbonyl (C=O) groups excluding carboxylic acids is 1. The molecule has 0 amide bonds. The number of hydrogen-bond donors (Lipinski definition) is 0. The van der Waals surface area contributed by atoms with Crippen molar-refractivity contribution in [3.8, 4) is 18.0 Å². The molecule has 3 heteroatoms. The fraction of sp³-hybridized carbons (Fsp3) is 0.0769. The minimum absolute atomic E-state index is 0.0790. The summed E-state index contributed by atoms with van der Waals surface area (Å²) < 4.78 is 1.66. The molecule has 0 saturated heterocycles. The van der Waals surface area contributed by atoms with E-state index >= 15 is 0 Å². The zero-order chi connectivity index (χ0) is 11.4. The van der Waals surface area contributed by atoms with Crippen LogP contribution < -0.4 is 0 Å². The first-order valence-electron chi connectivity index (χ1n) is 4.88. The number of carbonyl (C=O) groups is 1. The van der Waals surface area contributed by atoms with Crippen molar-refractivity contribution in [2.45, 2.75) is 6.42 Å². The number of hydrogen-bond acceptors (Lipinski definition) is 2. The van der Waals surface area contributed by atoms with Crippen LogP contribution in [0.25, 0.3) is 5.69 Å². The summed E-state index contributed by atoms with van der Waals surface area (Å²) in [6.07, 6.45) is 8.42. The Morgan fingerprint density at radius 1 is 1.38 bits per heavy atom. The molecule has 0 fully saturated rings. The number of ketones is 1. The van der Waals surface area contributed by atoms with Crippen LogP contribution in [-0.2, 0) is 0 Å². The van der Waals surface area contributed by atoms with E-state index in [1.54, 1.807) is 10.9 Å². The minimum atomic E-state index is -0.0790. The quantitative estimate of drug-likeness (QED) is 0.574. The van der Waals surface area contributed by atoms with Crippen LogP contribution in [-0.4, -0.2) is 15.6 Å². The Bertz CT molecular complexity index is 535. The molecule has 16 heavy (non-hydrogen) atoms. The van der Waals surface area contributed by atoms with Gasteiger partial charge in [0.25, 0.3) is 0 Å². The highest BCUT2D eigenvalue weighted by Gasteiger charge is 2.07. The Hall–Kier alpha value is -2.34. The van der Waals surface area contributed by atoms with E-state index < -0.39 is 0 Å². The molecule has 2 aromatic rings. The molecule has 0 N–H and O–H groups in total. The predicted octanol–water partition coefficient (Wildman–Crippen LogP) is 2.08. The van der Waals surface area contributed by atoms with Gasteiger partial charge in [-0.3, -0.25) is 4.79 Å². The molecule has 1 aromatic heterocycles. The molecule has 78 valence electrons. The largest absolute Gasteiger partial charge is 0.293 e. The summed E-state index contributed by atoms with van der Waals surface area (Å²) in [5.41, 5.74) is 1.46. The SMILES string of the molecule is C#CCC(=O)c1cnn(-c2ccccc2)c1. The first-order chi connectivity index (χ1) is 7.81. The highest BCUT2D eigenvalue weighted by molar-refractivity contribution is 5.97. The normalized spacial score (nSPS) is 9.69. The van der Waals surface area contributed by atoms with Crippen LogP contribution in [0.3, 0.4) is 0 Å². The summed E-state index contributed by atoms with van der Waals surface area (Å²) in [6.45, 7) is 0. The van der Waals surface area contributed by atoms with Crippen LogP contribution in [0.15, 0.2) is 42.7 Å². The zero-order valence-corrected chi connectivity index (χ0v) is 8.63. The van der Waals surface area contributed by atoms with Crippen LogP contribution in [0.5, 0.6) is 0 Å². The maximum Gasteiger partial charge on any atom is 0.177 e. The standard InChI is InChI=1S/C13H10N2O/c1-2-6-13(16)11-9-14-15(10-11)12-7-4-3-5-8-12/h1,3-5,7-10H,6H2. The zero-order valence-electron chi connectivity index (χ0n) is 8.63. The van der Waals surface area contributed by atoms with Crippen LogP contribution in [0.1, 0.15) is 16.8 Å². The summed E-state index contributed by atoms with van der Waals surface area (Å²) in [4.78, 5) is 11.5. The Balaban J connectivity index is 2.27. The van der Waals surface area contributed by atoms with Gasteiger partial charge >= 0.3 is 0 Å². The first-order valence-corrected chi connectivity index (χ1v) is 4.88. The monoisotopic (exact) mass is 210 g/mol. The summed E-state index contributed by atoms with van der Waals surface area (Å²) in [6, 6.07) is 9.60. The Kier molecular flexibility index (Phi) is 2.84. The van der Waals surface area contributed by atoms with Crippen molar-refractivity contribution >= 4 is 5.78 Å². The first kappa shape index (κ1) is 10.2. The number of aromatic nitrogens is 2. The molecule has 0 saturated carbocycles. The number of terminal acetylenes is 1. The Morgan fingerprint density at radius 2 is 2.12 bits per heavy atom. The summed E-state index contributed by atoms with van der Waals surface area (Å²) in [5.74, 6) is 2.25. The molecule has 1 heterocycles. The van der Waals surface area contributed by atoms with E-state index in [4.69, 9.17) is 6.42 Å². The lowest BCUT2D eigenvalue weighted by Crippen LogP contribution is -1.96. The second kappa shape index (κ2) is 4.45. The summed E-state index contributed by atoms with van der Waals surface area (Å²) >= 11 is 0. The van der Waals surface area contributed by atoms with E-state index in [1.165, 1.54) is 6.20 Å². The van der Waals surface area contributed by atoms with Gasteiger partial charge in [0.15, 0.2) is 5.78 Å². The molecular weight excluding hydrogens is 200 g/mol. The summed E-state index contributed by atoms with van der Waals surface area (Å²) in [7, 11) is 0. The molecular formula is C13H10N2O. The van der Waals surface area contributed by atoms with E-state index in [2.05, 4.69) is 11.0 Å².